The molecule has 2 heterocycles. The van der Waals surface area contributed by atoms with E-state index in [-0.39, 0.29) is 17.5 Å². The minimum absolute atomic E-state index is 0.0214. The molecule has 26 heavy (non-hydrogen) atoms. The Morgan fingerprint density at radius 2 is 2.00 bits per heavy atom. The average Bonchev–Trinajstić information content (AvgIpc) is 2.64. The van der Waals surface area contributed by atoms with Crippen molar-refractivity contribution >= 4 is 23.4 Å². The molecule has 0 fully saturated rings. The summed E-state index contributed by atoms with van der Waals surface area (Å²) < 4.78 is 27.3. The highest BCUT2D eigenvalue weighted by atomic mass is 19.2. The van der Waals surface area contributed by atoms with Gasteiger partial charge in [-0.25, -0.2) is 13.8 Å². The highest BCUT2D eigenvalue weighted by Crippen LogP contribution is 2.25. The highest BCUT2D eigenvalue weighted by Gasteiger charge is 2.12. The maximum atomic E-state index is 13.9. The predicted molar refractivity (Wildman–Crippen MR) is 91.0 cm³/mol. The van der Waals surface area contributed by atoms with Crippen molar-refractivity contribution in [2.45, 2.75) is 0 Å². The Kier molecular flexibility index (Phi) is 4.97. The number of aliphatic carboxylic acids is 1. The third-order valence-corrected chi connectivity index (χ3v) is 3.30. The van der Waals surface area contributed by atoms with Gasteiger partial charge in [-0.2, -0.15) is 4.98 Å². The maximum Gasteiger partial charge on any atom is 0.322 e. The van der Waals surface area contributed by atoms with Crippen LogP contribution in [0.1, 0.15) is 0 Å². The number of anilines is 3. The second-order valence-electron chi connectivity index (χ2n) is 5.18. The number of pyridine rings is 1. The summed E-state index contributed by atoms with van der Waals surface area (Å²) in [6.07, 6.45) is 3.16. The largest absolute Gasteiger partial charge is 0.480 e. The summed E-state index contributed by atoms with van der Waals surface area (Å²) in [5.74, 6) is -2.95. The molecular formula is C17H13F2N5O2. The van der Waals surface area contributed by atoms with E-state index in [1.807, 2.05) is 0 Å². The zero-order valence-electron chi connectivity index (χ0n) is 13.3. The molecule has 2 aromatic heterocycles. The number of nitrogens with one attached hydrogen (secondary N) is 2. The normalized spacial score (nSPS) is 10.4. The molecule has 3 rings (SSSR count). The van der Waals surface area contributed by atoms with Gasteiger partial charge in [0.2, 0.25) is 5.95 Å². The molecule has 0 saturated carbocycles. The van der Waals surface area contributed by atoms with Crippen LogP contribution in [0.15, 0.2) is 48.8 Å². The highest BCUT2D eigenvalue weighted by molar-refractivity contribution is 5.73. The molecule has 0 bridgehead atoms. The van der Waals surface area contributed by atoms with E-state index < -0.39 is 24.1 Å². The molecule has 0 unspecified atom stereocenters. The topological polar surface area (TPSA) is 100 Å². The second kappa shape index (κ2) is 7.51. The summed E-state index contributed by atoms with van der Waals surface area (Å²) >= 11 is 0. The van der Waals surface area contributed by atoms with E-state index in [1.165, 1.54) is 18.2 Å². The zero-order chi connectivity index (χ0) is 18.5. The molecule has 3 aromatic rings. The summed E-state index contributed by atoms with van der Waals surface area (Å²) in [6.45, 7) is -0.399. The third kappa shape index (κ3) is 4.07. The van der Waals surface area contributed by atoms with Gasteiger partial charge in [-0.3, -0.25) is 9.78 Å². The summed E-state index contributed by atoms with van der Waals surface area (Å²) in [4.78, 5) is 23.1. The van der Waals surface area contributed by atoms with E-state index in [1.54, 1.807) is 24.5 Å². The number of hydrogen-bond donors (Lipinski definition) is 3. The van der Waals surface area contributed by atoms with Crippen LogP contribution in [-0.2, 0) is 4.79 Å². The van der Waals surface area contributed by atoms with Crippen LogP contribution in [0.4, 0.5) is 26.2 Å². The predicted octanol–water partition coefficient (Wildman–Crippen LogP) is 3.06. The fraction of sp³-hybridized carbons (Fsp3) is 0.0588. The minimum Gasteiger partial charge on any atom is -0.480 e. The van der Waals surface area contributed by atoms with Gasteiger partial charge >= 0.3 is 5.97 Å². The molecule has 0 amide bonds. The number of nitrogens with zero attached hydrogens (tertiary/aromatic N) is 3. The van der Waals surface area contributed by atoms with Gasteiger partial charge in [-0.05, 0) is 24.3 Å². The fourth-order valence-electron chi connectivity index (χ4n) is 2.15. The lowest BCUT2D eigenvalue weighted by Gasteiger charge is -2.11. The van der Waals surface area contributed by atoms with Crippen LogP contribution in [0.3, 0.4) is 0 Å². The van der Waals surface area contributed by atoms with Crippen molar-refractivity contribution in [3.63, 3.8) is 0 Å². The van der Waals surface area contributed by atoms with Crippen molar-refractivity contribution < 1.29 is 18.7 Å². The van der Waals surface area contributed by atoms with Crippen LogP contribution in [0.2, 0.25) is 0 Å². The lowest BCUT2D eigenvalue weighted by molar-refractivity contribution is -0.134. The Balaban J connectivity index is 1.99. The molecule has 1 aromatic carbocycles. The Labute approximate surface area is 146 Å². The number of rotatable bonds is 6. The first-order valence-corrected chi connectivity index (χ1v) is 7.49. The monoisotopic (exact) mass is 357 g/mol. The quantitative estimate of drug-likeness (QED) is 0.623. The van der Waals surface area contributed by atoms with Gasteiger partial charge in [-0.15, -0.1) is 0 Å². The Bertz CT molecular complexity index is 938. The zero-order valence-corrected chi connectivity index (χ0v) is 13.3. The lowest BCUT2D eigenvalue weighted by Crippen LogP contribution is -2.15. The molecule has 0 aliphatic heterocycles. The number of carboxylic acid groups (broad SMARTS) is 1. The van der Waals surface area contributed by atoms with Gasteiger partial charge in [0, 0.05) is 24.0 Å². The molecule has 0 spiro atoms. The summed E-state index contributed by atoms with van der Waals surface area (Å²) in [5, 5.41) is 14.0. The van der Waals surface area contributed by atoms with Crippen molar-refractivity contribution in [1.82, 2.24) is 15.0 Å². The Hall–Kier alpha value is -3.62. The van der Waals surface area contributed by atoms with Gasteiger partial charge in [0.25, 0.3) is 0 Å². The van der Waals surface area contributed by atoms with Crippen LogP contribution in [0.25, 0.3) is 11.3 Å². The molecule has 7 nitrogen and oxygen atoms in total. The van der Waals surface area contributed by atoms with Crippen molar-refractivity contribution in [3.8, 4) is 11.3 Å². The maximum absolute atomic E-state index is 13.9. The second-order valence-corrected chi connectivity index (χ2v) is 5.18. The van der Waals surface area contributed by atoms with Crippen LogP contribution in [-0.4, -0.2) is 32.6 Å². The SMILES string of the molecule is O=C(O)CNc1nc(Nc2cccc(F)c2F)cc(-c2cccnc2)n1. The first kappa shape index (κ1) is 17.2. The minimum atomic E-state index is -1.09. The molecule has 0 radical (unpaired) electrons. The van der Waals surface area contributed by atoms with Crippen LogP contribution in [0.5, 0.6) is 0 Å². The molecule has 9 heteroatoms. The number of carbonyl (C=O) groups is 1. The molecule has 0 atom stereocenters. The molecular weight excluding hydrogens is 344 g/mol. The van der Waals surface area contributed by atoms with Gasteiger partial charge < -0.3 is 15.7 Å². The lowest BCUT2D eigenvalue weighted by atomic mass is 10.2. The fourth-order valence-corrected chi connectivity index (χ4v) is 2.15. The number of benzene rings is 1. The van der Waals surface area contributed by atoms with E-state index in [0.717, 1.165) is 6.07 Å². The van der Waals surface area contributed by atoms with Crippen molar-refractivity contribution in [1.29, 1.82) is 0 Å². The van der Waals surface area contributed by atoms with Gasteiger partial charge in [0.15, 0.2) is 11.6 Å². The molecule has 3 N–H and O–H groups in total. The van der Waals surface area contributed by atoms with Gasteiger partial charge in [-0.1, -0.05) is 6.07 Å². The smallest absolute Gasteiger partial charge is 0.322 e. The van der Waals surface area contributed by atoms with Crippen molar-refractivity contribution in [2.24, 2.45) is 0 Å². The molecule has 0 aliphatic carbocycles. The molecule has 0 saturated heterocycles. The van der Waals surface area contributed by atoms with Crippen LogP contribution >= 0.6 is 0 Å². The first-order valence-electron chi connectivity index (χ1n) is 7.49. The van der Waals surface area contributed by atoms with Gasteiger partial charge in [0.1, 0.15) is 12.4 Å². The van der Waals surface area contributed by atoms with E-state index in [9.17, 15) is 13.6 Å². The number of aromatic nitrogens is 3. The van der Waals surface area contributed by atoms with Crippen LogP contribution in [0, 0.1) is 11.6 Å². The Morgan fingerprint density at radius 3 is 2.73 bits per heavy atom. The van der Waals surface area contributed by atoms with Crippen LogP contribution < -0.4 is 10.6 Å². The van der Waals surface area contributed by atoms with Crippen molar-refractivity contribution in [2.75, 3.05) is 17.2 Å². The summed E-state index contributed by atoms with van der Waals surface area (Å²) in [7, 11) is 0. The number of halogens is 2. The van der Waals surface area contributed by atoms with E-state index in [2.05, 4.69) is 25.6 Å². The molecule has 0 aliphatic rings. The summed E-state index contributed by atoms with van der Waals surface area (Å²) in [6, 6.07) is 8.70. The van der Waals surface area contributed by atoms with Crippen molar-refractivity contribution in [3.05, 3.63) is 60.4 Å². The number of carboxylic acids is 1. The van der Waals surface area contributed by atoms with E-state index >= 15 is 0 Å². The standard InChI is InChI=1S/C17H13F2N5O2/c18-11-4-1-5-12(16(11)19)22-14-7-13(10-3-2-6-20-8-10)23-17(24-14)21-9-15(25)26/h1-8H,9H2,(H,25,26)(H2,21,22,23,24). The summed E-state index contributed by atoms with van der Waals surface area (Å²) in [5.41, 5.74) is 0.973. The Morgan fingerprint density at radius 1 is 1.15 bits per heavy atom. The molecule has 132 valence electrons. The number of hydrogen-bond acceptors (Lipinski definition) is 6. The van der Waals surface area contributed by atoms with E-state index in [4.69, 9.17) is 5.11 Å². The van der Waals surface area contributed by atoms with Gasteiger partial charge in [0.05, 0.1) is 11.4 Å². The third-order valence-electron chi connectivity index (χ3n) is 3.30. The average molecular weight is 357 g/mol. The van der Waals surface area contributed by atoms with E-state index in [0.29, 0.717) is 11.3 Å². The first-order chi connectivity index (χ1) is 12.5.